The maximum absolute atomic E-state index is 13.2. The zero-order chi connectivity index (χ0) is 19.6. The second-order valence-electron chi connectivity index (χ2n) is 5.85. The molecular formula is C20H12ClF3N2O. The number of rotatable bonds is 3. The van der Waals surface area contributed by atoms with Gasteiger partial charge in [0.05, 0.1) is 27.9 Å². The lowest BCUT2D eigenvalue weighted by atomic mass is 10.1. The number of aromatic nitrogens is 1. The van der Waals surface area contributed by atoms with Gasteiger partial charge in [0.25, 0.3) is 0 Å². The first-order valence-corrected chi connectivity index (χ1v) is 8.23. The average molecular weight is 389 g/mol. The molecule has 0 amide bonds. The van der Waals surface area contributed by atoms with Crippen LogP contribution in [-0.4, -0.2) is 4.57 Å². The molecule has 0 saturated heterocycles. The van der Waals surface area contributed by atoms with E-state index in [0.29, 0.717) is 12.1 Å². The van der Waals surface area contributed by atoms with Crippen molar-refractivity contribution < 1.29 is 13.2 Å². The molecule has 2 aromatic carbocycles. The van der Waals surface area contributed by atoms with Crippen LogP contribution in [0.3, 0.4) is 0 Å². The van der Waals surface area contributed by atoms with Crippen LogP contribution in [0, 0.1) is 11.3 Å². The second kappa shape index (κ2) is 7.29. The number of halogens is 4. The highest BCUT2D eigenvalue weighted by Crippen LogP contribution is 2.39. The lowest BCUT2D eigenvalue weighted by Gasteiger charge is -2.17. The van der Waals surface area contributed by atoms with Gasteiger partial charge in [0.2, 0.25) is 0 Å². The van der Waals surface area contributed by atoms with Crippen molar-refractivity contribution in [3.05, 3.63) is 92.7 Å². The number of hydrogen-bond acceptors (Lipinski definition) is 2. The van der Waals surface area contributed by atoms with E-state index in [0.717, 1.165) is 11.6 Å². The Labute approximate surface area is 157 Å². The Hall–Kier alpha value is -3.04. The molecule has 0 aliphatic heterocycles. The van der Waals surface area contributed by atoms with Gasteiger partial charge in [-0.15, -0.1) is 0 Å². The average Bonchev–Trinajstić information content (AvgIpc) is 2.63. The van der Waals surface area contributed by atoms with Crippen LogP contribution in [0.5, 0.6) is 0 Å². The molecule has 136 valence electrons. The fourth-order valence-electron chi connectivity index (χ4n) is 2.71. The molecule has 1 aromatic heterocycles. The monoisotopic (exact) mass is 388 g/mol. The predicted octanol–water partition coefficient (Wildman–Crippen LogP) is 5.11. The fraction of sp³-hybridized carbons (Fsp3) is 0.100. The molecule has 0 aliphatic carbocycles. The van der Waals surface area contributed by atoms with Crippen LogP contribution >= 0.6 is 11.6 Å². The Morgan fingerprint density at radius 2 is 1.78 bits per heavy atom. The third-order valence-corrected chi connectivity index (χ3v) is 4.43. The van der Waals surface area contributed by atoms with Gasteiger partial charge in [-0.2, -0.15) is 18.4 Å². The minimum absolute atomic E-state index is 0.123. The maximum Gasteiger partial charge on any atom is 0.417 e. The zero-order valence-electron chi connectivity index (χ0n) is 13.8. The Balaban J connectivity index is 2.10. The van der Waals surface area contributed by atoms with Crippen molar-refractivity contribution in [1.29, 1.82) is 5.26 Å². The molecule has 3 rings (SSSR count). The normalized spacial score (nSPS) is 11.2. The molecule has 0 fully saturated rings. The number of hydrogen-bond donors (Lipinski definition) is 0. The van der Waals surface area contributed by atoms with Gasteiger partial charge in [0.15, 0.2) is 5.43 Å². The molecule has 0 atom stereocenters. The van der Waals surface area contributed by atoms with Gasteiger partial charge in [-0.05, 0) is 23.8 Å². The number of pyridine rings is 1. The molecule has 0 unspecified atom stereocenters. The first kappa shape index (κ1) is 18.7. The summed E-state index contributed by atoms with van der Waals surface area (Å²) in [5, 5.41) is 8.41. The molecule has 27 heavy (non-hydrogen) atoms. The highest BCUT2D eigenvalue weighted by atomic mass is 35.5. The van der Waals surface area contributed by atoms with E-state index in [9.17, 15) is 18.0 Å². The summed E-state index contributed by atoms with van der Waals surface area (Å²) in [7, 11) is 0. The van der Waals surface area contributed by atoms with Gasteiger partial charge in [-0.25, -0.2) is 0 Å². The largest absolute Gasteiger partial charge is 0.417 e. The molecule has 7 heteroatoms. The van der Waals surface area contributed by atoms with E-state index in [1.165, 1.54) is 30.5 Å². The Morgan fingerprint density at radius 1 is 1.07 bits per heavy atom. The van der Waals surface area contributed by atoms with E-state index < -0.39 is 16.8 Å². The third kappa shape index (κ3) is 4.04. The summed E-state index contributed by atoms with van der Waals surface area (Å²) in [6, 6.07) is 15.0. The highest BCUT2D eigenvalue weighted by Gasteiger charge is 2.34. The van der Waals surface area contributed by atoms with Crippen LogP contribution in [0.15, 0.2) is 65.6 Å². The van der Waals surface area contributed by atoms with E-state index in [1.54, 1.807) is 28.8 Å². The molecular weight excluding hydrogens is 377 g/mol. The summed E-state index contributed by atoms with van der Waals surface area (Å²) in [6.07, 6.45) is -3.09. The minimum Gasteiger partial charge on any atom is -0.343 e. The molecule has 0 bridgehead atoms. The summed E-state index contributed by atoms with van der Waals surface area (Å²) < 4.78 is 41.1. The van der Waals surface area contributed by atoms with Crippen LogP contribution in [0.2, 0.25) is 5.02 Å². The summed E-state index contributed by atoms with van der Waals surface area (Å²) in [5.41, 5.74) is 0.431. The predicted molar refractivity (Wildman–Crippen MR) is 96.4 cm³/mol. The lowest BCUT2D eigenvalue weighted by molar-refractivity contribution is -0.137. The Morgan fingerprint density at radius 3 is 2.41 bits per heavy atom. The molecule has 0 N–H and O–H groups in total. The van der Waals surface area contributed by atoms with Crippen LogP contribution in [-0.2, 0) is 12.7 Å². The summed E-state index contributed by atoms with van der Waals surface area (Å²) in [4.78, 5) is 11.8. The molecule has 3 aromatic rings. The van der Waals surface area contributed by atoms with Crippen molar-refractivity contribution >= 4 is 11.6 Å². The summed E-state index contributed by atoms with van der Waals surface area (Å²) in [5.74, 6) is 0. The Kier molecular flexibility index (Phi) is 5.06. The third-order valence-electron chi connectivity index (χ3n) is 4.02. The zero-order valence-corrected chi connectivity index (χ0v) is 14.6. The minimum atomic E-state index is -4.60. The highest BCUT2D eigenvalue weighted by molar-refractivity contribution is 6.34. The van der Waals surface area contributed by atoms with Crippen molar-refractivity contribution in [2.75, 3.05) is 0 Å². The van der Waals surface area contributed by atoms with Gasteiger partial charge in [-0.3, -0.25) is 4.79 Å². The smallest absolute Gasteiger partial charge is 0.343 e. The van der Waals surface area contributed by atoms with Crippen molar-refractivity contribution in [2.24, 2.45) is 0 Å². The van der Waals surface area contributed by atoms with Gasteiger partial charge in [-0.1, -0.05) is 35.9 Å². The number of nitrogens with zero attached hydrogens (tertiary/aromatic N) is 2. The van der Waals surface area contributed by atoms with Gasteiger partial charge in [0, 0.05) is 30.4 Å². The van der Waals surface area contributed by atoms with Crippen molar-refractivity contribution in [3.8, 4) is 17.3 Å². The lowest BCUT2D eigenvalue weighted by Crippen LogP contribution is -2.11. The number of alkyl halides is 3. The topological polar surface area (TPSA) is 45.8 Å². The molecule has 0 saturated carbocycles. The first-order valence-electron chi connectivity index (χ1n) is 7.85. The second-order valence-corrected chi connectivity index (χ2v) is 6.23. The number of nitriles is 1. The standard InChI is InChI=1S/C20H12ClF3N2O/c21-19-16(2-1-3-17(19)20(22,23)24)18-10-15(27)8-9-26(18)12-14-6-4-13(11-25)5-7-14/h1-10H,12H2. The quantitative estimate of drug-likeness (QED) is 0.626. The van der Waals surface area contributed by atoms with Crippen molar-refractivity contribution in [2.45, 2.75) is 12.7 Å². The van der Waals surface area contributed by atoms with Crippen molar-refractivity contribution in [1.82, 2.24) is 4.57 Å². The van der Waals surface area contributed by atoms with E-state index in [-0.39, 0.29) is 16.7 Å². The molecule has 0 radical (unpaired) electrons. The summed E-state index contributed by atoms with van der Waals surface area (Å²) in [6.45, 7) is 0.300. The van der Waals surface area contributed by atoms with Gasteiger partial charge >= 0.3 is 6.18 Å². The first-order chi connectivity index (χ1) is 12.8. The van der Waals surface area contributed by atoms with E-state index >= 15 is 0 Å². The molecule has 0 spiro atoms. The molecule has 0 aliphatic rings. The molecule has 3 nitrogen and oxygen atoms in total. The van der Waals surface area contributed by atoms with Crippen LogP contribution in [0.1, 0.15) is 16.7 Å². The van der Waals surface area contributed by atoms with E-state index in [2.05, 4.69) is 0 Å². The molecule has 1 heterocycles. The van der Waals surface area contributed by atoms with Gasteiger partial charge in [0.1, 0.15) is 0 Å². The van der Waals surface area contributed by atoms with E-state index in [4.69, 9.17) is 16.9 Å². The maximum atomic E-state index is 13.2. The van der Waals surface area contributed by atoms with Crippen LogP contribution in [0.4, 0.5) is 13.2 Å². The van der Waals surface area contributed by atoms with Crippen LogP contribution < -0.4 is 5.43 Å². The van der Waals surface area contributed by atoms with Crippen LogP contribution in [0.25, 0.3) is 11.3 Å². The number of benzene rings is 2. The summed E-state index contributed by atoms with van der Waals surface area (Å²) >= 11 is 6.02. The van der Waals surface area contributed by atoms with Crippen molar-refractivity contribution in [3.63, 3.8) is 0 Å². The fourth-order valence-corrected chi connectivity index (χ4v) is 3.04. The van der Waals surface area contributed by atoms with E-state index in [1.807, 2.05) is 6.07 Å². The van der Waals surface area contributed by atoms with Gasteiger partial charge < -0.3 is 4.57 Å². The Bertz CT molecular complexity index is 1080. The SMILES string of the molecule is N#Cc1ccc(Cn2ccc(=O)cc2-c2cccc(C(F)(F)F)c2Cl)cc1.